The number of hydrogen-bond acceptors (Lipinski definition) is 4. The molecule has 2 aromatic carbocycles. The molecule has 0 radical (unpaired) electrons. The predicted octanol–water partition coefficient (Wildman–Crippen LogP) is 2.77. The highest BCUT2D eigenvalue weighted by Gasteiger charge is 2.07. The van der Waals surface area contributed by atoms with Crippen LogP contribution in [0.3, 0.4) is 0 Å². The third-order valence-electron chi connectivity index (χ3n) is 3.04. The Kier molecular flexibility index (Phi) is 7.04. The maximum atomic E-state index is 12.0. The Morgan fingerprint density at radius 3 is 2.12 bits per heavy atom. The molecule has 2 aromatic rings. The number of hydrogen-bond donors (Lipinski definition) is 2. The number of rotatable bonds is 7. The minimum Gasteiger partial charge on any atom is -0.490 e. The second-order valence-corrected chi connectivity index (χ2v) is 5.26. The van der Waals surface area contributed by atoms with E-state index >= 15 is 0 Å². The van der Waals surface area contributed by atoms with Crippen molar-refractivity contribution in [2.45, 2.75) is 6.92 Å². The summed E-state index contributed by atoms with van der Waals surface area (Å²) in [6.07, 6.45) is 0. The summed E-state index contributed by atoms with van der Waals surface area (Å²) in [6, 6.07) is 16.4. The number of amides is 1. The Balaban J connectivity index is 1.75. The smallest absolute Gasteiger partial charge is 0.257 e. The molecule has 0 atom stereocenters. The lowest BCUT2D eigenvalue weighted by atomic mass is 10.2. The normalized spacial score (nSPS) is 9.88. The molecule has 0 heterocycles. The van der Waals surface area contributed by atoms with Crippen molar-refractivity contribution in [3.8, 4) is 11.5 Å². The average molecular weight is 344 g/mol. The first-order valence-corrected chi connectivity index (χ1v) is 8.09. The topological polar surface area (TPSA) is 59.6 Å². The average Bonchev–Trinajstić information content (AvgIpc) is 2.60. The number of thiocarbonyl (C=S) groups is 1. The third-order valence-corrected chi connectivity index (χ3v) is 3.29. The number of ether oxygens (including phenoxy) is 2. The van der Waals surface area contributed by atoms with Gasteiger partial charge < -0.3 is 14.8 Å². The fourth-order valence-electron chi connectivity index (χ4n) is 1.92. The Morgan fingerprint density at radius 2 is 1.54 bits per heavy atom. The van der Waals surface area contributed by atoms with Crippen molar-refractivity contribution in [3.63, 3.8) is 0 Å². The lowest BCUT2D eigenvalue weighted by molar-refractivity contribution is 0.0976. The Morgan fingerprint density at radius 1 is 0.958 bits per heavy atom. The van der Waals surface area contributed by atoms with Gasteiger partial charge in [0.2, 0.25) is 0 Å². The molecule has 0 bridgehead atoms. The zero-order valence-electron chi connectivity index (χ0n) is 13.5. The molecule has 126 valence electrons. The van der Waals surface area contributed by atoms with Gasteiger partial charge >= 0.3 is 0 Å². The summed E-state index contributed by atoms with van der Waals surface area (Å²) in [7, 11) is 0. The minimum absolute atomic E-state index is 0.250. The second kappa shape index (κ2) is 9.52. The van der Waals surface area contributed by atoms with Crippen LogP contribution in [0.2, 0.25) is 0 Å². The largest absolute Gasteiger partial charge is 0.490 e. The van der Waals surface area contributed by atoms with Crippen LogP contribution in [0.15, 0.2) is 54.6 Å². The quantitative estimate of drug-likeness (QED) is 0.597. The van der Waals surface area contributed by atoms with E-state index in [-0.39, 0.29) is 5.91 Å². The van der Waals surface area contributed by atoms with Crippen LogP contribution in [-0.2, 0) is 0 Å². The molecule has 0 fully saturated rings. The van der Waals surface area contributed by atoms with E-state index in [0.29, 0.717) is 36.2 Å². The number of para-hydroxylation sites is 1. The monoisotopic (exact) mass is 344 g/mol. The van der Waals surface area contributed by atoms with Crippen molar-refractivity contribution in [2.24, 2.45) is 0 Å². The Hall–Kier alpha value is -2.60. The first kappa shape index (κ1) is 17.7. The van der Waals surface area contributed by atoms with Crippen molar-refractivity contribution < 1.29 is 14.3 Å². The maximum absolute atomic E-state index is 12.0. The molecule has 0 unspecified atom stereocenters. The lowest BCUT2D eigenvalue weighted by Crippen LogP contribution is -2.38. The van der Waals surface area contributed by atoms with Crippen LogP contribution >= 0.6 is 12.2 Å². The predicted molar refractivity (Wildman–Crippen MR) is 97.6 cm³/mol. The molecule has 0 spiro atoms. The highest BCUT2D eigenvalue weighted by molar-refractivity contribution is 7.80. The highest BCUT2D eigenvalue weighted by atomic mass is 32.1. The first-order chi connectivity index (χ1) is 11.7. The van der Waals surface area contributed by atoms with Gasteiger partial charge in [0, 0.05) is 12.1 Å². The van der Waals surface area contributed by atoms with Crippen molar-refractivity contribution >= 4 is 23.2 Å². The van der Waals surface area contributed by atoms with Gasteiger partial charge in [0.15, 0.2) is 5.11 Å². The van der Waals surface area contributed by atoms with E-state index in [2.05, 4.69) is 10.6 Å². The second-order valence-electron chi connectivity index (χ2n) is 4.85. The van der Waals surface area contributed by atoms with Crippen LogP contribution < -0.4 is 20.1 Å². The molecule has 2 N–H and O–H groups in total. The summed E-state index contributed by atoms with van der Waals surface area (Å²) in [4.78, 5) is 12.0. The van der Waals surface area contributed by atoms with Crippen LogP contribution in [0.4, 0.5) is 0 Å². The summed E-state index contributed by atoms with van der Waals surface area (Å²) in [5.74, 6) is 1.24. The summed E-state index contributed by atoms with van der Waals surface area (Å²) in [6.45, 7) is 3.44. The van der Waals surface area contributed by atoms with Crippen LogP contribution in [0.5, 0.6) is 11.5 Å². The minimum atomic E-state index is -0.250. The molecule has 0 aliphatic heterocycles. The fourth-order valence-corrected chi connectivity index (χ4v) is 2.16. The molecule has 5 nitrogen and oxygen atoms in total. The van der Waals surface area contributed by atoms with E-state index in [9.17, 15) is 4.79 Å². The van der Waals surface area contributed by atoms with Crippen molar-refractivity contribution in [1.29, 1.82) is 0 Å². The molecular formula is C18H20N2O3S. The van der Waals surface area contributed by atoms with Crippen LogP contribution in [0.1, 0.15) is 17.3 Å². The summed E-state index contributed by atoms with van der Waals surface area (Å²) < 4.78 is 11.1. The number of nitrogens with one attached hydrogen (secondary N) is 2. The molecule has 1 amide bonds. The number of carbonyl (C=O) groups excluding carboxylic acids is 1. The molecule has 0 aliphatic rings. The Bertz CT molecular complexity index is 660. The van der Waals surface area contributed by atoms with E-state index < -0.39 is 0 Å². The van der Waals surface area contributed by atoms with E-state index in [1.165, 1.54) is 0 Å². The van der Waals surface area contributed by atoms with E-state index in [4.69, 9.17) is 21.7 Å². The van der Waals surface area contributed by atoms with Gasteiger partial charge in [0.25, 0.3) is 5.91 Å². The van der Waals surface area contributed by atoms with Crippen molar-refractivity contribution in [3.05, 3.63) is 60.2 Å². The summed E-state index contributed by atoms with van der Waals surface area (Å²) in [5.41, 5.74) is 0.517. The molecule has 0 saturated carbocycles. The molecule has 0 aliphatic carbocycles. The molecule has 0 saturated heterocycles. The van der Waals surface area contributed by atoms with E-state index in [0.717, 1.165) is 5.75 Å². The van der Waals surface area contributed by atoms with Gasteiger partial charge in [-0.25, -0.2) is 0 Å². The van der Waals surface area contributed by atoms with E-state index in [1.54, 1.807) is 24.3 Å². The molecule has 24 heavy (non-hydrogen) atoms. The van der Waals surface area contributed by atoms with Gasteiger partial charge in [-0.05, 0) is 55.5 Å². The van der Waals surface area contributed by atoms with Crippen LogP contribution in [0, 0.1) is 0 Å². The van der Waals surface area contributed by atoms with Crippen LogP contribution in [0.25, 0.3) is 0 Å². The number of carbonyl (C=O) groups is 1. The maximum Gasteiger partial charge on any atom is 0.257 e. The van der Waals surface area contributed by atoms with Crippen molar-refractivity contribution in [2.75, 3.05) is 19.8 Å². The third kappa shape index (κ3) is 5.89. The fraction of sp³-hybridized carbons (Fsp3) is 0.222. The van der Waals surface area contributed by atoms with Gasteiger partial charge in [-0.15, -0.1) is 0 Å². The van der Waals surface area contributed by atoms with Gasteiger partial charge in [-0.1, -0.05) is 18.2 Å². The SMILES string of the molecule is CCNC(=S)NC(=O)c1ccc(OCCOc2ccccc2)cc1. The van der Waals surface area contributed by atoms with Gasteiger partial charge in [-0.3, -0.25) is 10.1 Å². The summed E-state index contributed by atoms with van der Waals surface area (Å²) in [5, 5.41) is 5.79. The van der Waals surface area contributed by atoms with Gasteiger partial charge in [0.1, 0.15) is 24.7 Å². The highest BCUT2D eigenvalue weighted by Crippen LogP contribution is 2.13. The molecular weight excluding hydrogens is 324 g/mol. The standard InChI is InChI=1S/C18H20N2O3S/c1-2-19-18(24)20-17(21)14-8-10-16(11-9-14)23-13-12-22-15-6-4-3-5-7-15/h3-11H,2,12-13H2,1H3,(H2,19,20,21,24). The zero-order valence-corrected chi connectivity index (χ0v) is 14.3. The lowest BCUT2D eigenvalue weighted by Gasteiger charge is -2.10. The zero-order chi connectivity index (χ0) is 17.2. The Labute approximate surface area is 147 Å². The van der Waals surface area contributed by atoms with Gasteiger partial charge in [-0.2, -0.15) is 0 Å². The molecule has 2 rings (SSSR count). The summed E-state index contributed by atoms with van der Waals surface area (Å²) >= 11 is 4.98. The molecule has 6 heteroatoms. The van der Waals surface area contributed by atoms with Crippen LogP contribution in [-0.4, -0.2) is 30.8 Å². The number of benzene rings is 2. The first-order valence-electron chi connectivity index (χ1n) is 7.69. The van der Waals surface area contributed by atoms with E-state index in [1.807, 2.05) is 37.3 Å². The molecule has 0 aromatic heterocycles. The van der Waals surface area contributed by atoms with Crippen molar-refractivity contribution in [1.82, 2.24) is 10.6 Å². The van der Waals surface area contributed by atoms with Gasteiger partial charge in [0.05, 0.1) is 0 Å².